The van der Waals surface area contributed by atoms with Crippen molar-refractivity contribution in [3.8, 4) is 0 Å². The van der Waals surface area contributed by atoms with Crippen molar-refractivity contribution in [2.75, 3.05) is 18.5 Å². The Bertz CT molecular complexity index is 548. The molecule has 2 rings (SSSR count). The molecular formula is C13H17N3O2. The SMILES string of the molecule is CC(O)CCN(C)c1nc2ccccn2c1C=O. The van der Waals surface area contributed by atoms with Gasteiger partial charge in [-0.15, -0.1) is 0 Å². The fourth-order valence-electron chi connectivity index (χ4n) is 1.88. The van der Waals surface area contributed by atoms with E-state index >= 15 is 0 Å². The summed E-state index contributed by atoms with van der Waals surface area (Å²) in [5.74, 6) is 0.650. The molecule has 0 amide bonds. The van der Waals surface area contributed by atoms with Gasteiger partial charge in [0.05, 0.1) is 6.10 Å². The van der Waals surface area contributed by atoms with Gasteiger partial charge < -0.3 is 10.0 Å². The zero-order chi connectivity index (χ0) is 13.1. The summed E-state index contributed by atoms with van der Waals surface area (Å²) in [5, 5.41) is 9.29. The molecule has 0 aliphatic heterocycles. The van der Waals surface area contributed by atoms with Gasteiger partial charge in [0.2, 0.25) is 0 Å². The molecule has 0 saturated heterocycles. The zero-order valence-corrected chi connectivity index (χ0v) is 10.6. The number of fused-ring (bicyclic) bond motifs is 1. The molecule has 0 aromatic carbocycles. The molecule has 0 aliphatic rings. The van der Waals surface area contributed by atoms with Crippen molar-refractivity contribution in [3.05, 3.63) is 30.1 Å². The Kier molecular flexibility index (Phi) is 3.62. The van der Waals surface area contributed by atoms with Crippen LogP contribution < -0.4 is 4.90 Å². The lowest BCUT2D eigenvalue weighted by atomic mass is 10.2. The van der Waals surface area contributed by atoms with Crippen molar-refractivity contribution in [1.29, 1.82) is 0 Å². The molecule has 2 aromatic heterocycles. The van der Waals surface area contributed by atoms with E-state index in [2.05, 4.69) is 4.98 Å². The largest absolute Gasteiger partial charge is 0.393 e. The van der Waals surface area contributed by atoms with E-state index in [4.69, 9.17) is 0 Å². The Balaban J connectivity index is 2.34. The molecule has 0 aliphatic carbocycles. The third-order valence-electron chi connectivity index (χ3n) is 2.90. The van der Waals surface area contributed by atoms with Crippen LogP contribution in [0, 0.1) is 0 Å². The fraction of sp³-hybridized carbons (Fsp3) is 0.385. The molecule has 0 fully saturated rings. The normalized spacial score (nSPS) is 12.6. The van der Waals surface area contributed by atoms with E-state index in [1.165, 1.54) is 0 Å². The molecule has 0 radical (unpaired) electrons. The lowest BCUT2D eigenvalue weighted by molar-refractivity contribution is 0.111. The van der Waals surface area contributed by atoms with Crippen LogP contribution in [0.15, 0.2) is 24.4 Å². The number of carbonyl (C=O) groups is 1. The maximum absolute atomic E-state index is 11.2. The Hall–Kier alpha value is -1.88. The summed E-state index contributed by atoms with van der Waals surface area (Å²) in [7, 11) is 1.87. The minimum absolute atomic E-state index is 0.357. The highest BCUT2D eigenvalue weighted by Crippen LogP contribution is 2.19. The maximum Gasteiger partial charge on any atom is 0.170 e. The number of hydrogen-bond acceptors (Lipinski definition) is 4. The first-order valence-corrected chi connectivity index (χ1v) is 5.95. The third-order valence-corrected chi connectivity index (χ3v) is 2.90. The second kappa shape index (κ2) is 5.18. The molecule has 5 nitrogen and oxygen atoms in total. The molecule has 0 spiro atoms. The summed E-state index contributed by atoms with van der Waals surface area (Å²) >= 11 is 0. The van der Waals surface area contributed by atoms with E-state index < -0.39 is 0 Å². The minimum atomic E-state index is -0.357. The number of pyridine rings is 1. The summed E-state index contributed by atoms with van der Waals surface area (Å²) in [6, 6.07) is 5.61. The number of imidazole rings is 1. The molecule has 1 atom stereocenters. The number of aldehydes is 1. The van der Waals surface area contributed by atoms with Gasteiger partial charge in [-0.25, -0.2) is 4.98 Å². The van der Waals surface area contributed by atoms with E-state index in [-0.39, 0.29) is 6.10 Å². The van der Waals surface area contributed by atoms with Crippen LogP contribution in [-0.4, -0.2) is 40.5 Å². The molecule has 1 N–H and O–H groups in total. The van der Waals surface area contributed by atoms with Crippen molar-refractivity contribution in [3.63, 3.8) is 0 Å². The number of rotatable bonds is 5. The van der Waals surface area contributed by atoms with Gasteiger partial charge in [-0.1, -0.05) is 6.07 Å². The molecule has 0 saturated carbocycles. The van der Waals surface area contributed by atoms with Gasteiger partial charge in [-0.2, -0.15) is 0 Å². The highest BCUT2D eigenvalue weighted by Gasteiger charge is 2.15. The van der Waals surface area contributed by atoms with Gasteiger partial charge in [0, 0.05) is 19.8 Å². The average Bonchev–Trinajstić information content (AvgIpc) is 2.74. The number of anilines is 1. The van der Waals surface area contributed by atoms with Crippen molar-refractivity contribution in [1.82, 2.24) is 9.38 Å². The first-order valence-electron chi connectivity index (χ1n) is 5.95. The highest BCUT2D eigenvalue weighted by molar-refractivity contribution is 5.83. The number of carbonyl (C=O) groups excluding carboxylic acids is 1. The van der Waals surface area contributed by atoms with E-state index in [0.717, 1.165) is 11.9 Å². The second-order valence-electron chi connectivity index (χ2n) is 4.43. The minimum Gasteiger partial charge on any atom is -0.393 e. The standard InChI is InChI=1S/C13H17N3O2/c1-10(18)6-8-15(2)13-11(9-17)16-7-4-3-5-12(16)14-13/h3-5,7,9-10,18H,6,8H2,1-2H3. The van der Waals surface area contributed by atoms with Crippen molar-refractivity contribution >= 4 is 17.8 Å². The summed E-state index contributed by atoms with van der Waals surface area (Å²) in [5.41, 5.74) is 1.29. The number of aromatic nitrogens is 2. The van der Waals surface area contributed by atoms with Crippen LogP contribution in [0.1, 0.15) is 23.8 Å². The molecule has 1 unspecified atom stereocenters. The quantitative estimate of drug-likeness (QED) is 0.810. The fourth-order valence-corrected chi connectivity index (χ4v) is 1.88. The maximum atomic E-state index is 11.2. The van der Waals surface area contributed by atoms with Gasteiger partial charge in [-0.3, -0.25) is 9.20 Å². The molecule has 96 valence electrons. The van der Waals surface area contributed by atoms with E-state index in [1.54, 1.807) is 11.3 Å². The monoisotopic (exact) mass is 247 g/mol. The lowest BCUT2D eigenvalue weighted by Gasteiger charge is -2.17. The Morgan fingerprint density at radius 2 is 2.33 bits per heavy atom. The van der Waals surface area contributed by atoms with Crippen LogP contribution in [0.5, 0.6) is 0 Å². The van der Waals surface area contributed by atoms with Crippen LogP contribution in [0.25, 0.3) is 5.65 Å². The molecular weight excluding hydrogens is 230 g/mol. The molecule has 5 heteroatoms. The van der Waals surface area contributed by atoms with Crippen molar-refractivity contribution < 1.29 is 9.90 Å². The summed E-state index contributed by atoms with van der Waals surface area (Å²) in [6.45, 7) is 2.40. The van der Waals surface area contributed by atoms with Crippen LogP contribution >= 0.6 is 0 Å². The van der Waals surface area contributed by atoms with Gasteiger partial charge in [0.1, 0.15) is 11.3 Å². The van der Waals surface area contributed by atoms with Gasteiger partial charge in [-0.05, 0) is 25.5 Å². The average molecular weight is 247 g/mol. The van der Waals surface area contributed by atoms with E-state index in [9.17, 15) is 9.90 Å². The number of hydrogen-bond donors (Lipinski definition) is 1. The van der Waals surface area contributed by atoms with E-state index in [0.29, 0.717) is 24.5 Å². The smallest absolute Gasteiger partial charge is 0.170 e. The van der Waals surface area contributed by atoms with Crippen LogP contribution in [0.2, 0.25) is 0 Å². The third kappa shape index (κ3) is 2.36. The second-order valence-corrected chi connectivity index (χ2v) is 4.43. The van der Waals surface area contributed by atoms with Crippen LogP contribution in [-0.2, 0) is 0 Å². The van der Waals surface area contributed by atoms with Crippen LogP contribution in [0.3, 0.4) is 0 Å². The zero-order valence-electron chi connectivity index (χ0n) is 10.6. The molecule has 2 heterocycles. The van der Waals surface area contributed by atoms with Crippen molar-refractivity contribution in [2.24, 2.45) is 0 Å². The molecule has 2 aromatic rings. The van der Waals surface area contributed by atoms with Gasteiger partial charge in [0.25, 0.3) is 0 Å². The number of nitrogens with zero attached hydrogens (tertiary/aromatic N) is 3. The first kappa shape index (κ1) is 12.6. The highest BCUT2D eigenvalue weighted by atomic mass is 16.3. The summed E-state index contributed by atoms with van der Waals surface area (Å²) in [4.78, 5) is 17.5. The van der Waals surface area contributed by atoms with Gasteiger partial charge in [0.15, 0.2) is 12.1 Å². The number of aliphatic hydroxyl groups excluding tert-OH is 1. The van der Waals surface area contributed by atoms with E-state index in [1.807, 2.05) is 36.3 Å². The lowest BCUT2D eigenvalue weighted by Crippen LogP contribution is -2.23. The Morgan fingerprint density at radius 1 is 1.56 bits per heavy atom. The van der Waals surface area contributed by atoms with Crippen molar-refractivity contribution in [2.45, 2.75) is 19.4 Å². The number of aliphatic hydroxyl groups is 1. The predicted octanol–water partition coefficient (Wildman–Crippen LogP) is 1.35. The molecule has 0 bridgehead atoms. The summed E-state index contributed by atoms with van der Waals surface area (Å²) < 4.78 is 1.77. The topological polar surface area (TPSA) is 57.8 Å². The Labute approximate surface area is 106 Å². The summed E-state index contributed by atoms with van der Waals surface area (Å²) in [6.07, 6.45) is 2.92. The first-order chi connectivity index (χ1) is 8.63. The Morgan fingerprint density at radius 3 is 3.00 bits per heavy atom. The molecule has 18 heavy (non-hydrogen) atoms. The predicted molar refractivity (Wildman–Crippen MR) is 70.1 cm³/mol. The van der Waals surface area contributed by atoms with Gasteiger partial charge >= 0.3 is 0 Å². The van der Waals surface area contributed by atoms with Crippen LogP contribution in [0.4, 0.5) is 5.82 Å².